The van der Waals surface area contributed by atoms with Gasteiger partial charge in [0, 0.05) is 12.1 Å². The van der Waals surface area contributed by atoms with Crippen LogP contribution in [0.25, 0.3) is 0 Å². The Morgan fingerprint density at radius 3 is 2.68 bits per heavy atom. The molecule has 1 fully saturated rings. The Bertz CT molecular complexity index is 744. The van der Waals surface area contributed by atoms with E-state index in [2.05, 4.69) is 19.1 Å². The Morgan fingerprint density at radius 2 is 1.92 bits per heavy atom. The summed E-state index contributed by atoms with van der Waals surface area (Å²) in [7, 11) is 0. The molecule has 4 nitrogen and oxygen atoms in total. The van der Waals surface area contributed by atoms with Crippen LogP contribution in [0.2, 0.25) is 0 Å². The van der Waals surface area contributed by atoms with Crippen LogP contribution in [0, 0.1) is 6.92 Å². The van der Waals surface area contributed by atoms with Gasteiger partial charge in [-0.15, -0.1) is 0 Å². The normalized spacial score (nSPS) is 20.5. The van der Waals surface area contributed by atoms with Gasteiger partial charge in [0.25, 0.3) is 0 Å². The highest BCUT2D eigenvalue weighted by molar-refractivity contribution is 5.77. The minimum Gasteiger partial charge on any atom is -0.399 e. The molecule has 1 heterocycles. The molecule has 2 aromatic carbocycles. The SMILES string of the molecule is Cc1ccccc1C1CN(C(=O)CCc2ccccc2N)C(C)CO1. The van der Waals surface area contributed by atoms with Crippen molar-refractivity contribution >= 4 is 11.6 Å². The maximum absolute atomic E-state index is 12.8. The van der Waals surface area contributed by atoms with Crippen LogP contribution in [0.15, 0.2) is 48.5 Å². The fourth-order valence-corrected chi connectivity index (χ4v) is 3.39. The van der Waals surface area contributed by atoms with E-state index in [1.807, 2.05) is 48.2 Å². The predicted octanol–water partition coefficient (Wildman–Crippen LogP) is 3.50. The Hall–Kier alpha value is -2.33. The molecule has 3 rings (SSSR count). The van der Waals surface area contributed by atoms with Gasteiger partial charge in [-0.3, -0.25) is 4.79 Å². The molecule has 0 spiro atoms. The van der Waals surface area contributed by atoms with Crippen molar-refractivity contribution in [1.29, 1.82) is 0 Å². The zero-order valence-electron chi connectivity index (χ0n) is 14.9. The second-order valence-electron chi connectivity index (χ2n) is 6.77. The van der Waals surface area contributed by atoms with Crippen molar-refractivity contribution in [3.8, 4) is 0 Å². The lowest BCUT2D eigenvalue weighted by Gasteiger charge is -2.38. The summed E-state index contributed by atoms with van der Waals surface area (Å²) in [5.41, 5.74) is 10.1. The highest BCUT2D eigenvalue weighted by Crippen LogP contribution is 2.27. The van der Waals surface area contributed by atoms with Crippen molar-refractivity contribution in [1.82, 2.24) is 4.90 Å². The Labute approximate surface area is 149 Å². The quantitative estimate of drug-likeness (QED) is 0.868. The number of para-hydroxylation sites is 1. The smallest absolute Gasteiger partial charge is 0.223 e. The van der Waals surface area contributed by atoms with Crippen molar-refractivity contribution in [3.63, 3.8) is 0 Å². The zero-order chi connectivity index (χ0) is 17.8. The van der Waals surface area contributed by atoms with Crippen LogP contribution in [0.1, 0.15) is 36.1 Å². The molecule has 2 aromatic rings. The van der Waals surface area contributed by atoms with E-state index >= 15 is 0 Å². The first-order chi connectivity index (χ1) is 12.1. The lowest BCUT2D eigenvalue weighted by Crippen LogP contribution is -2.48. The largest absolute Gasteiger partial charge is 0.399 e. The summed E-state index contributed by atoms with van der Waals surface area (Å²) in [6.07, 6.45) is 1.09. The lowest BCUT2D eigenvalue weighted by atomic mass is 10.0. The number of hydrogen-bond donors (Lipinski definition) is 1. The molecule has 25 heavy (non-hydrogen) atoms. The summed E-state index contributed by atoms with van der Waals surface area (Å²) in [5.74, 6) is 0.164. The van der Waals surface area contributed by atoms with Gasteiger partial charge in [-0.1, -0.05) is 42.5 Å². The lowest BCUT2D eigenvalue weighted by molar-refractivity contribution is -0.144. The van der Waals surface area contributed by atoms with Gasteiger partial charge in [-0.25, -0.2) is 0 Å². The standard InChI is InChI=1S/C21H26N2O2/c1-15-7-3-5-9-18(15)20-13-23(16(2)14-25-20)21(24)12-11-17-8-4-6-10-19(17)22/h3-10,16,20H,11-14,22H2,1-2H3. The molecule has 0 saturated carbocycles. The molecule has 4 heteroatoms. The molecule has 0 bridgehead atoms. The van der Waals surface area contributed by atoms with Gasteiger partial charge in [-0.2, -0.15) is 0 Å². The molecule has 2 unspecified atom stereocenters. The minimum absolute atomic E-state index is 0.0526. The first kappa shape index (κ1) is 17.5. The van der Waals surface area contributed by atoms with Crippen LogP contribution in [-0.4, -0.2) is 30.0 Å². The second-order valence-corrected chi connectivity index (χ2v) is 6.77. The number of ether oxygens (including phenoxy) is 1. The van der Waals surface area contributed by atoms with E-state index in [4.69, 9.17) is 10.5 Å². The molecule has 132 valence electrons. The van der Waals surface area contributed by atoms with Crippen molar-refractivity contribution in [2.24, 2.45) is 0 Å². The molecule has 0 aliphatic carbocycles. The molecule has 1 saturated heterocycles. The number of carbonyl (C=O) groups excluding carboxylic acids is 1. The number of nitrogen functional groups attached to an aromatic ring is 1. The summed E-state index contributed by atoms with van der Waals surface area (Å²) in [5, 5.41) is 0. The highest BCUT2D eigenvalue weighted by Gasteiger charge is 2.30. The van der Waals surface area contributed by atoms with Gasteiger partial charge in [0.05, 0.1) is 19.2 Å². The second kappa shape index (κ2) is 7.70. The fourth-order valence-electron chi connectivity index (χ4n) is 3.39. The number of amides is 1. The monoisotopic (exact) mass is 338 g/mol. The first-order valence-electron chi connectivity index (χ1n) is 8.86. The Morgan fingerprint density at radius 1 is 1.20 bits per heavy atom. The van der Waals surface area contributed by atoms with Crippen LogP contribution < -0.4 is 5.73 Å². The van der Waals surface area contributed by atoms with Gasteiger partial charge in [-0.05, 0) is 43.0 Å². The van der Waals surface area contributed by atoms with E-state index < -0.39 is 0 Å². The summed E-state index contributed by atoms with van der Waals surface area (Å²) < 4.78 is 6.01. The summed E-state index contributed by atoms with van der Waals surface area (Å²) in [6.45, 7) is 5.30. The van der Waals surface area contributed by atoms with Gasteiger partial charge < -0.3 is 15.4 Å². The number of carbonyl (C=O) groups is 1. The maximum Gasteiger partial charge on any atom is 0.223 e. The molecule has 2 N–H and O–H groups in total. The van der Waals surface area contributed by atoms with Crippen LogP contribution in [0.4, 0.5) is 5.69 Å². The third kappa shape index (κ3) is 4.02. The van der Waals surface area contributed by atoms with E-state index in [0.29, 0.717) is 26.0 Å². The number of aryl methyl sites for hydroxylation is 2. The molecule has 2 atom stereocenters. The zero-order valence-corrected chi connectivity index (χ0v) is 14.9. The Balaban J connectivity index is 1.66. The maximum atomic E-state index is 12.8. The van der Waals surface area contributed by atoms with Crippen LogP contribution in [0.5, 0.6) is 0 Å². The van der Waals surface area contributed by atoms with Gasteiger partial charge in [0.1, 0.15) is 6.10 Å². The van der Waals surface area contributed by atoms with E-state index in [1.165, 1.54) is 11.1 Å². The molecule has 0 aromatic heterocycles. The van der Waals surface area contributed by atoms with Crippen molar-refractivity contribution < 1.29 is 9.53 Å². The summed E-state index contributed by atoms with van der Waals surface area (Å²) in [4.78, 5) is 14.7. The summed E-state index contributed by atoms with van der Waals surface area (Å²) >= 11 is 0. The van der Waals surface area contributed by atoms with Gasteiger partial charge in [0.2, 0.25) is 5.91 Å². The number of morpholine rings is 1. The molecule has 1 aliphatic rings. The molecular weight excluding hydrogens is 312 g/mol. The fraction of sp³-hybridized carbons (Fsp3) is 0.381. The van der Waals surface area contributed by atoms with Crippen molar-refractivity contribution in [2.75, 3.05) is 18.9 Å². The van der Waals surface area contributed by atoms with E-state index in [1.54, 1.807) is 0 Å². The average Bonchev–Trinajstić information content (AvgIpc) is 2.62. The third-order valence-electron chi connectivity index (χ3n) is 4.95. The highest BCUT2D eigenvalue weighted by atomic mass is 16.5. The summed E-state index contributed by atoms with van der Waals surface area (Å²) in [6, 6.07) is 16.1. The number of hydrogen-bond acceptors (Lipinski definition) is 3. The number of nitrogens with zero attached hydrogens (tertiary/aromatic N) is 1. The van der Waals surface area contributed by atoms with E-state index in [9.17, 15) is 4.79 Å². The van der Waals surface area contributed by atoms with Gasteiger partial charge >= 0.3 is 0 Å². The van der Waals surface area contributed by atoms with E-state index in [0.717, 1.165) is 11.3 Å². The van der Waals surface area contributed by atoms with Crippen LogP contribution >= 0.6 is 0 Å². The van der Waals surface area contributed by atoms with Crippen molar-refractivity contribution in [3.05, 3.63) is 65.2 Å². The molecular formula is C21H26N2O2. The topological polar surface area (TPSA) is 55.6 Å². The first-order valence-corrected chi connectivity index (χ1v) is 8.86. The van der Waals surface area contributed by atoms with Crippen LogP contribution in [0.3, 0.4) is 0 Å². The molecule has 1 aliphatic heterocycles. The number of benzene rings is 2. The van der Waals surface area contributed by atoms with Gasteiger partial charge in [0.15, 0.2) is 0 Å². The number of rotatable bonds is 4. The number of anilines is 1. The minimum atomic E-state index is -0.0526. The average molecular weight is 338 g/mol. The van der Waals surface area contributed by atoms with Crippen LogP contribution in [-0.2, 0) is 16.0 Å². The van der Waals surface area contributed by atoms with E-state index in [-0.39, 0.29) is 18.1 Å². The van der Waals surface area contributed by atoms with Crippen molar-refractivity contribution in [2.45, 2.75) is 38.8 Å². The molecule has 1 amide bonds. The Kier molecular flexibility index (Phi) is 5.39. The third-order valence-corrected chi connectivity index (χ3v) is 4.95. The predicted molar refractivity (Wildman–Crippen MR) is 100 cm³/mol. The number of nitrogens with two attached hydrogens (primary N) is 1. The molecule has 0 radical (unpaired) electrons.